The molecule has 150 valence electrons. The van der Waals surface area contributed by atoms with Gasteiger partial charge in [-0.2, -0.15) is 10.5 Å². The fraction of sp³-hybridized carbons (Fsp3) is 0.292. The van der Waals surface area contributed by atoms with Gasteiger partial charge in [0.25, 0.3) is 0 Å². The van der Waals surface area contributed by atoms with E-state index in [0.29, 0.717) is 34.4 Å². The van der Waals surface area contributed by atoms with Crippen molar-refractivity contribution in [1.29, 1.82) is 10.5 Å². The Balaban J connectivity index is 1.80. The second-order valence-corrected chi connectivity index (χ2v) is 8.08. The van der Waals surface area contributed by atoms with E-state index < -0.39 is 18.1 Å². The van der Waals surface area contributed by atoms with Gasteiger partial charge in [-0.1, -0.05) is 19.9 Å². The van der Waals surface area contributed by atoms with E-state index in [0.717, 1.165) is 22.3 Å². The largest absolute Gasteiger partial charge is 0.491 e. The Labute approximate surface area is 174 Å². The predicted molar refractivity (Wildman–Crippen MR) is 109 cm³/mol. The van der Waals surface area contributed by atoms with Gasteiger partial charge in [-0.25, -0.2) is 0 Å². The monoisotopic (exact) mass is 400 g/mol. The molecule has 2 aliphatic carbocycles. The van der Waals surface area contributed by atoms with Crippen LogP contribution in [0.2, 0.25) is 0 Å². The van der Waals surface area contributed by atoms with Crippen molar-refractivity contribution in [3.05, 3.63) is 69.3 Å². The van der Waals surface area contributed by atoms with Crippen molar-refractivity contribution in [2.24, 2.45) is 0 Å². The molecule has 2 N–H and O–H groups in total. The van der Waals surface area contributed by atoms with Crippen molar-refractivity contribution in [2.45, 2.75) is 31.8 Å². The quantitative estimate of drug-likeness (QED) is 0.815. The average Bonchev–Trinajstić information content (AvgIpc) is 3.16. The van der Waals surface area contributed by atoms with Gasteiger partial charge in [0, 0.05) is 16.6 Å². The zero-order chi connectivity index (χ0) is 21.6. The number of rotatable bonds is 4. The molecular weight excluding hydrogens is 380 g/mol. The standard InChI is InChI=1S/C24H20N2O4/c1-24(2)20-7-15(30-12-14(28)11-27)4-6-17(20)23(29)22-16-5-3-13(9-25)19(10-26)18(16)8-21(22)24/h3-7,14,27-28H,8,11-12H2,1-2H3/t14-/m1/s1. The molecule has 0 saturated carbocycles. The van der Waals surface area contributed by atoms with Crippen LogP contribution in [0.1, 0.15) is 52.0 Å². The zero-order valence-corrected chi connectivity index (χ0v) is 16.7. The summed E-state index contributed by atoms with van der Waals surface area (Å²) in [6, 6.07) is 12.8. The highest BCUT2D eigenvalue weighted by Crippen LogP contribution is 2.51. The molecule has 30 heavy (non-hydrogen) atoms. The Morgan fingerprint density at radius 2 is 1.90 bits per heavy atom. The topological polar surface area (TPSA) is 114 Å². The minimum Gasteiger partial charge on any atom is -0.491 e. The summed E-state index contributed by atoms with van der Waals surface area (Å²) in [5.41, 5.74) is 4.55. The molecule has 0 fully saturated rings. The highest BCUT2D eigenvalue weighted by molar-refractivity contribution is 6.33. The molecule has 2 aromatic carbocycles. The third kappa shape index (κ3) is 2.81. The molecule has 2 aliphatic rings. The lowest BCUT2D eigenvalue weighted by Crippen LogP contribution is -2.30. The molecule has 0 aromatic heterocycles. The second kappa shape index (κ2) is 7.11. The molecule has 1 atom stereocenters. The van der Waals surface area contributed by atoms with Gasteiger partial charge in [-0.05, 0) is 52.9 Å². The van der Waals surface area contributed by atoms with E-state index >= 15 is 0 Å². The molecule has 6 nitrogen and oxygen atoms in total. The van der Waals surface area contributed by atoms with E-state index in [1.807, 2.05) is 13.8 Å². The lowest BCUT2D eigenvalue weighted by Gasteiger charge is -2.34. The van der Waals surface area contributed by atoms with E-state index in [9.17, 15) is 20.4 Å². The molecule has 0 spiro atoms. The Morgan fingerprint density at radius 1 is 1.17 bits per heavy atom. The normalized spacial score (nSPS) is 16.8. The lowest BCUT2D eigenvalue weighted by atomic mass is 9.68. The van der Waals surface area contributed by atoms with Crippen LogP contribution in [0.15, 0.2) is 35.9 Å². The van der Waals surface area contributed by atoms with Crippen LogP contribution in [0.5, 0.6) is 5.75 Å². The molecule has 0 heterocycles. The first-order chi connectivity index (χ1) is 14.3. The SMILES string of the molecule is CC1(C)C2=C(C(=O)c3ccc(OC[C@H](O)CO)cc31)c1ccc(C#N)c(C#N)c1C2. The van der Waals surface area contributed by atoms with Gasteiger partial charge < -0.3 is 14.9 Å². The number of hydrogen-bond acceptors (Lipinski definition) is 6. The summed E-state index contributed by atoms with van der Waals surface area (Å²) in [5, 5.41) is 37.5. The van der Waals surface area contributed by atoms with Crippen molar-refractivity contribution >= 4 is 11.4 Å². The molecule has 0 amide bonds. The highest BCUT2D eigenvalue weighted by Gasteiger charge is 2.43. The van der Waals surface area contributed by atoms with Gasteiger partial charge in [-0.15, -0.1) is 0 Å². The van der Waals surface area contributed by atoms with E-state index in [4.69, 9.17) is 9.84 Å². The molecule has 2 aromatic rings. The first-order valence-corrected chi connectivity index (χ1v) is 9.64. The summed E-state index contributed by atoms with van der Waals surface area (Å²) in [6.07, 6.45) is -0.539. The van der Waals surface area contributed by atoms with Crippen LogP contribution < -0.4 is 4.74 Å². The maximum atomic E-state index is 13.4. The van der Waals surface area contributed by atoms with Crippen LogP contribution in [0.3, 0.4) is 0 Å². The number of nitrogens with zero attached hydrogens (tertiary/aromatic N) is 2. The number of hydrogen-bond donors (Lipinski definition) is 2. The minimum absolute atomic E-state index is 0.0501. The lowest BCUT2D eigenvalue weighted by molar-refractivity contribution is 0.0535. The number of aliphatic hydroxyl groups is 2. The fourth-order valence-electron chi connectivity index (χ4n) is 4.38. The number of benzene rings is 2. The molecule has 0 saturated heterocycles. The van der Waals surface area contributed by atoms with Crippen molar-refractivity contribution in [2.75, 3.05) is 13.2 Å². The third-order valence-corrected chi connectivity index (χ3v) is 6.01. The highest BCUT2D eigenvalue weighted by atomic mass is 16.5. The summed E-state index contributed by atoms with van der Waals surface area (Å²) in [7, 11) is 0. The molecule has 0 unspecified atom stereocenters. The summed E-state index contributed by atoms with van der Waals surface area (Å²) < 4.78 is 5.58. The number of aliphatic hydroxyl groups excluding tert-OH is 2. The molecule has 0 radical (unpaired) electrons. The van der Waals surface area contributed by atoms with Crippen molar-refractivity contribution in [3.63, 3.8) is 0 Å². The Kier molecular flexibility index (Phi) is 4.70. The number of ether oxygens (including phenoxy) is 1. The van der Waals surface area contributed by atoms with Crippen LogP contribution in [-0.2, 0) is 11.8 Å². The zero-order valence-electron chi connectivity index (χ0n) is 16.7. The van der Waals surface area contributed by atoms with E-state index in [-0.39, 0.29) is 12.4 Å². The summed E-state index contributed by atoms with van der Waals surface area (Å²) >= 11 is 0. The van der Waals surface area contributed by atoms with Gasteiger partial charge in [-0.3, -0.25) is 4.79 Å². The third-order valence-electron chi connectivity index (χ3n) is 6.01. The Hall–Kier alpha value is -3.45. The van der Waals surface area contributed by atoms with Gasteiger partial charge in [0.1, 0.15) is 30.6 Å². The Bertz CT molecular complexity index is 1190. The van der Waals surface area contributed by atoms with Crippen molar-refractivity contribution in [3.8, 4) is 17.9 Å². The number of nitriles is 2. The van der Waals surface area contributed by atoms with E-state index in [2.05, 4.69) is 12.1 Å². The molecule has 6 heteroatoms. The fourth-order valence-corrected chi connectivity index (χ4v) is 4.38. The summed E-state index contributed by atoms with van der Waals surface area (Å²) in [4.78, 5) is 13.4. The molecule has 0 aliphatic heterocycles. The van der Waals surface area contributed by atoms with Gasteiger partial charge in [0.15, 0.2) is 5.78 Å². The summed E-state index contributed by atoms with van der Waals surface area (Å²) in [5.74, 6) is 0.403. The maximum Gasteiger partial charge on any atom is 0.193 e. The maximum absolute atomic E-state index is 13.4. The molecule has 4 rings (SSSR count). The number of carbonyl (C=O) groups is 1. The second-order valence-electron chi connectivity index (χ2n) is 8.08. The number of carbonyl (C=O) groups excluding carboxylic acids is 1. The first-order valence-electron chi connectivity index (χ1n) is 9.64. The smallest absolute Gasteiger partial charge is 0.193 e. The van der Waals surface area contributed by atoms with Crippen LogP contribution in [-0.4, -0.2) is 35.3 Å². The predicted octanol–water partition coefficient (Wildman–Crippen LogP) is 2.65. The number of allylic oxidation sites excluding steroid dienone is 2. The number of ketones is 1. The van der Waals surface area contributed by atoms with Gasteiger partial charge in [0.05, 0.1) is 17.7 Å². The van der Waals surface area contributed by atoms with Gasteiger partial charge >= 0.3 is 0 Å². The minimum atomic E-state index is -0.979. The van der Waals surface area contributed by atoms with Crippen LogP contribution in [0.4, 0.5) is 0 Å². The van der Waals surface area contributed by atoms with Crippen molar-refractivity contribution < 1.29 is 19.7 Å². The Morgan fingerprint density at radius 3 is 2.57 bits per heavy atom. The molecule has 0 bridgehead atoms. The average molecular weight is 400 g/mol. The van der Waals surface area contributed by atoms with Crippen LogP contribution >= 0.6 is 0 Å². The number of Topliss-reactive ketones (excluding diaryl/α,β-unsaturated/α-hetero) is 1. The summed E-state index contributed by atoms with van der Waals surface area (Å²) in [6.45, 7) is 3.62. The van der Waals surface area contributed by atoms with Crippen LogP contribution in [0, 0.1) is 22.7 Å². The van der Waals surface area contributed by atoms with E-state index in [1.54, 1.807) is 30.3 Å². The van der Waals surface area contributed by atoms with Gasteiger partial charge in [0.2, 0.25) is 0 Å². The molecular formula is C24H20N2O4. The first kappa shape index (κ1) is 19.8. The van der Waals surface area contributed by atoms with Crippen molar-refractivity contribution in [1.82, 2.24) is 0 Å². The number of fused-ring (bicyclic) bond motifs is 3. The van der Waals surface area contributed by atoms with Crippen LogP contribution in [0.25, 0.3) is 5.57 Å². The van der Waals surface area contributed by atoms with E-state index in [1.165, 1.54) is 0 Å².